The van der Waals surface area contributed by atoms with Crippen molar-refractivity contribution in [2.24, 2.45) is 17.7 Å². The predicted octanol–water partition coefficient (Wildman–Crippen LogP) is 1.41. The molecule has 1 fully saturated rings. The van der Waals surface area contributed by atoms with Crippen LogP contribution in [-0.4, -0.2) is 30.8 Å². The molecule has 2 atom stereocenters. The molecular formula is C11H17BrN4O2S. The highest BCUT2D eigenvalue weighted by Crippen LogP contribution is 2.31. The van der Waals surface area contributed by atoms with Gasteiger partial charge < -0.3 is 5.43 Å². The van der Waals surface area contributed by atoms with Gasteiger partial charge in [-0.05, 0) is 33.8 Å². The van der Waals surface area contributed by atoms with E-state index in [4.69, 9.17) is 5.84 Å². The minimum Gasteiger partial charge on any atom is -0.307 e. The van der Waals surface area contributed by atoms with E-state index in [1.807, 2.05) is 0 Å². The van der Waals surface area contributed by atoms with E-state index in [0.29, 0.717) is 29.4 Å². The molecule has 2 unspecified atom stereocenters. The number of pyridine rings is 1. The van der Waals surface area contributed by atoms with E-state index in [9.17, 15) is 8.42 Å². The predicted molar refractivity (Wildman–Crippen MR) is 76.8 cm³/mol. The maximum absolute atomic E-state index is 12.6. The molecule has 0 aromatic carbocycles. The molecule has 8 heteroatoms. The van der Waals surface area contributed by atoms with E-state index in [2.05, 4.69) is 40.2 Å². The second kappa shape index (κ2) is 5.35. The van der Waals surface area contributed by atoms with Crippen molar-refractivity contribution in [2.45, 2.75) is 18.7 Å². The first-order chi connectivity index (χ1) is 8.86. The summed E-state index contributed by atoms with van der Waals surface area (Å²) in [5.74, 6) is 6.20. The maximum Gasteiger partial charge on any atom is 0.246 e. The summed E-state index contributed by atoms with van der Waals surface area (Å²) in [6.07, 6.45) is 1.50. The zero-order valence-electron chi connectivity index (χ0n) is 10.8. The molecule has 0 bridgehead atoms. The summed E-state index contributed by atoms with van der Waals surface area (Å²) in [6.45, 7) is 5.17. The quantitative estimate of drug-likeness (QED) is 0.636. The van der Waals surface area contributed by atoms with Crippen molar-refractivity contribution >= 4 is 31.8 Å². The van der Waals surface area contributed by atoms with E-state index in [0.717, 1.165) is 0 Å². The molecule has 0 aliphatic carbocycles. The lowest BCUT2D eigenvalue weighted by molar-refractivity contribution is 0.463. The Morgan fingerprint density at radius 1 is 1.42 bits per heavy atom. The number of halogens is 1. The lowest BCUT2D eigenvalue weighted by atomic mass is 10.0. The molecule has 0 radical (unpaired) electrons. The number of hydrogen-bond donors (Lipinski definition) is 2. The van der Waals surface area contributed by atoms with Crippen LogP contribution >= 0.6 is 15.9 Å². The van der Waals surface area contributed by atoms with Gasteiger partial charge in [0, 0.05) is 23.8 Å². The molecule has 0 saturated carbocycles. The highest BCUT2D eigenvalue weighted by molar-refractivity contribution is 9.10. The Morgan fingerprint density at radius 3 is 2.53 bits per heavy atom. The van der Waals surface area contributed by atoms with Crippen molar-refractivity contribution in [3.8, 4) is 0 Å². The number of hydrogen-bond acceptors (Lipinski definition) is 5. The number of aromatic nitrogens is 1. The summed E-state index contributed by atoms with van der Waals surface area (Å²) < 4.78 is 27.3. The van der Waals surface area contributed by atoms with E-state index in [-0.39, 0.29) is 10.7 Å². The van der Waals surface area contributed by atoms with Gasteiger partial charge in [0.1, 0.15) is 4.90 Å². The highest BCUT2D eigenvalue weighted by atomic mass is 79.9. The molecule has 3 N–H and O–H groups in total. The van der Waals surface area contributed by atoms with Crippen LogP contribution in [0.5, 0.6) is 0 Å². The molecule has 2 rings (SSSR count). The van der Waals surface area contributed by atoms with Crippen molar-refractivity contribution in [2.75, 3.05) is 18.5 Å². The van der Waals surface area contributed by atoms with Gasteiger partial charge in [0.15, 0.2) is 5.82 Å². The molecule has 1 saturated heterocycles. The number of hydrazine groups is 1. The van der Waals surface area contributed by atoms with Gasteiger partial charge in [-0.15, -0.1) is 0 Å². The van der Waals surface area contributed by atoms with Crippen LogP contribution in [0.25, 0.3) is 0 Å². The fraction of sp³-hybridized carbons (Fsp3) is 0.545. The van der Waals surface area contributed by atoms with E-state index in [1.54, 1.807) is 0 Å². The van der Waals surface area contributed by atoms with Crippen LogP contribution in [0.4, 0.5) is 5.82 Å². The topological polar surface area (TPSA) is 88.3 Å². The van der Waals surface area contributed by atoms with Crippen LogP contribution in [-0.2, 0) is 10.0 Å². The first-order valence-electron chi connectivity index (χ1n) is 5.98. The average Bonchev–Trinajstić information content (AvgIpc) is 2.70. The van der Waals surface area contributed by atoms with Crippen molar-refractivity contribution in [3.63, 3.8) is 0 Å². The monoisotopic (exact) mass is 348 g/mol. The van der Waals surface area contributed by atoms with Gasteiger partial charge in [0.25, 0.3) is 0 Å². The normalized spacial score (nSPS) is 24.6. The first kappa shape index (κ1) is 14.7. The highest BCUT2D eigenvalue weighted by Gasteiger charge is 2.36. The summed E-state index contributed by atoms with van der Waals surface area (Å²) in [5.41, 5.74) is 2.34. The standard InChI is InChI=1S/C11H17BrN4O2S/c1-7-5-16(6-8(7)2)19(17,18)10-3-9(12)4-14-11(10)15-13/h3-4,7-8H,5-6,13H2,1-2H3,(H,14,15). The lowest BCUT2D eigenvalue weighted by Crippen LogP contribution is -2.30. The smallest absolute Gasteiger partial charge is 0.246 e. The number of nitrogens with zero attached hydrogens (tertiary/aromatic N) is 2. The molecule has 1 aromatic heterocycles. The summed E-state index contributed by atoms with van der Waals surface area (Å²) in [7, 11) is -3.57. The van der Waals surface area contributed by atoms with Crippen molar-refractivity contribution in [1.82, 2.24) is 9.29 Å². The second-order valence-electron chi connectivity index (χ2n) is 4.92. The number of nitrogen functional groups attached to an aromatic ring is 1. The van der Waals surface area contributed by atoms with Gasteiger partial charge in [-0.2, -0.15) is 4.31 Å². The Labute approximate surface area is 121 Å². The Balaban J connectivity index is 2.43. The zero-order valence-corrected chi connectivity index (χ0v) is 13.2. The third-order valence-corrected chi connectivity index (χ3v) is 5.81. The number of anilines is 1. The summed E-state index contributed by atoms with van der Waals surface area (Å²) in [4.78, 5) is 4.09. The Hall–Kier alpha value is -0.700. The Bertz CT molecular complexity index is 568. The molecule has 1 aliphatic rings. The van der Waals surface area contributed by atoms with Crippen molar-refractivity contribution in [1.29, 1.82) is 0 Å². The number of sulfonamides is 1. The minimum atomic E-state index is -3.57. The van der Waals surface area contributed by atoms with Crippen LogP contribution in [0.2, 0.25) is 0 Å². The molecule has 19 heavy (non-hydrogen) atoms. The van der Waals surface area contributed by atoms with E-state index >= 15 is 0 Å². The van der Waals surface area contributed by atoms with Crippen LogP contribution in [0, 0.1) is 11.8 Å². The van der Waals surface area contributed by atoms with E-state index in [1.165, 1.54) is 16.6 Å². The fourth-order valence-corrected chi connectivity index (χ4v) is 4.39. The maximum atomic E-state index is 12.6. The summed E-state index contributed by atoms with van der Waals surface area (Å²) in [6, 6.07) is 1.52. The van der Waals surface area contributed by atoms with Crippen molar-refractivity contribution < 1.29 is 8.42 Å². The summed E-state index contributed by atoms with van der Waals surface area (Å²) >= 11 is 3.24. The van der Waals surface area contributed by atoms with Crippen LogP contribution in [0.15, 0.2) is 21.6 Å². The van der Waals surface area contributed by atoms with Gasteiger partial charge in [0.05, 0.1) is 0 Å². The van der Waals surface area contributed by atoms with E-state index < -0.39 is 10.0 Å². The first-order valence-corrected chi connectivity index (χ1v) is 8.22. The van der Waals surface area contributed by atoms with Crippen LogP contribution < -0.4 is 11.3 Å². The lowest BCUT2D eigenvalue weighted by Gasteiger charge is -2.18. The van der Waals surface area contributed by atoms with Crippen molar-refractivity contribution in [3.05, 3.63) is 16.7 Å². The number of rotatable bonds is 3. The molecule has 0 amide bonds. The van der Waals surface area contributed by atoms with Gasteiger partial charge in [-0.25, -0.2) is 19.2 Å². The summed E-state index contributed by atoms with van der Waals surface area (Å²) in [5, 5.41) is 0. The van der Waals surface area contributed by atoms with Crippen LogP contribution in [0.1, 0.15) is 13.8 Å². The molecule has 2 heterocycles. The molecular weight excluding hydrogens is 332 g/mol. The molecule has 0 spiro atoms. The van der Waals surface area contributed by atoms with Crippen LogP contribution in [0.3, 0.4) is 0 Å². The third-order valence-electron chi connectivity index (χ3n) is 3.53. The number of nitrogens with one attached hydrogen (secondary N) is 1. The SMILES string of the molecule is CC1CN(S(=O)(=O)c2cc(Br)cnc2NN)CC1C. The number of nitrogens with two attached hydrogens (primary N) is 1. The second-order valence-corrected chi connectivity index (χ2v) is 7.74. The van der Waals surface area contributed by atoms with Gasteiger partial charge >= 0.3 is 0 Å². The van der Waals surface area contributed by atoms with Gasteiger partial charge in [0.2, 0.25) is 10.0 Å². The largest absolute Gasteiger partial charge is 0.307 e. The average molecular weight is 349 g/mol. The minimum absolute atomic E-state index is 0.102. The Kier molecular flexibility index (Phi) is 4.14. The Morgan fingerprint density at radius 2 is 2.00 bits per heavy atom. The zero-order chi connectivity index (χ0) is 14.2. The fourth-order valence-electron chi connectivity index (χ4n) is 2.14. The van der Waals surface area contributed by atoms with Gasteiger partial charge in [-0.1, -0.05) is 13.8 Å². The van der Waals surface area contributed by atoms with Gasteiger partial charge in [-0.3, -0.25) is 0 Å². The molecule has 1 aliphatic heterocycles. The molecule has 1 aromatic rings. The molecule has 106 valence electrons. The third kappa shape index (κ3) is 2.76. The molecule has 6 nitrogen and oxygen atoms in total.